The van der Waals surface area contributed by atoms with Gasteiger partial charge >= 0.3 is 0 Å². The molecule has 3 aliphatic rings. The Morgan fingerprint density at radius 2 is 2.16 bits per heavy atom. The third kappa shape index (κ3) is 3.07. The first kappa shape index (κ1) is 16.9. The summed E-state index contributed by atoms with van der Waals surface area (Å²) in [7, 11) is 2.24. The molecule has 2 bridgehead atoms. The van der Waals surface area contributed by atoms with E-state index in [-0.39, 0.29) is 0 Å². The summed E-state index contributed by atoms with van der Waals surface area (Å²) in [6.45, 7) is 6.76. The molecule has 2 N–H and O–H groups in total. The molecule has 1 saturated carbocycles. The van der Waals surface area contributed by atoms with E-state index >= 15 is 0 Å². The number of hydrogen-bond acceptors (Lipinski definition) is 5. The molecule has 0 radical (unpaired) electrons. The molecule has 3 heterocycles. The third-order valence-electron chi connectivity index (χ3n) is 6.57. The zero-order chi connectivity index (χ0) is 17.6. The highest BCUT2D eigenvalue weighted by Gasteiger charge is 2.46. The SMILES string of the molecule is CC[C@@H]1Cc2ncc(C(=O)NO)cc2CN1CC1C2CC1CN(C)C2. The van der Waals surface area contributed by atoms with Crippen molar-refractivity contribution < 1.29 is 10.0 Å². The molecule has 136 valence electrons. The minimum Gasteiger partial charge on any atom is -0.306 e. The highest BCUT2D eigenvalue weighted by Crippen LogP contribution is 2.46. The zero-order valence-corrected chi connectivity index (χ0v) is 15.1. The average Bonchev–Trinajstić information content (AvgIpc) is 2.63. The second kappa shape index (κ2) is 6.67. The van der Waals surface area contributed by atoms with Gasteiger partial charge in [-0.2, -0.15) is 0 Å². The minimum absolute atomic E-state index is 0.429. The maximum absolute atomic E-state index is 11.7. The number of hydroxylamine groups is 1. The van der Waals surface area contributed by atoms with Crippen LogP contribution in [-0.4, -0.2) is 58.6 Å². The van der Waals surface area contributed by atoms with Crippen molar-refractivity contribution in [3.8, 4) is 0 Å². The lowest BCUT2D eigenvalue weighted by Gasteiger charge is -2.55. The van der Waals surface area contributed by atoms with Gasteiger partial charge in [-0.05, 0) is 49.3 Å². The number of nitrogens with one attached hydrogen (secondary N) is 1. The van der Waals surface area contributed by atoms with Crippen LogP contribution in [0.25, 0.3) is 0 Å². The maximum atomic E-state index is 11.7. The van der Waals surface area contributed by atoms with Crippen molar-refractivity contribution in [3.05, 3.63) is 29.1 Å². The van der Waals surface area contributed by atoms with Crippen molar-refractivity contribution in [2.24, 2.45) is 17.8 Å². The average molecular weight is 344 g/mol. The van der Waals surface area contributed by atoms with Gasteiger partial charge in [-0.1, -0.05) is 6.92 Å². The number of carbonyl (C=O) groups excluding carboxylic acids is 1. The Kier molecular flexibility index (Phi) is 4.52. The molecule has 25 heavy (non-hydrogen) atoms. The predicted octanol–water partition coefficient (Wildman–Crippen LogP) is 1.53. The van der Waals surface area contributed by atoms with Crippen LogP contribution in [0, 0.1) is 17.8 Å². The molecule has 2 unspecified atom stereocenters. The molecule has 2 aliphatic heterocycles. The van der Waals surface area contributed by atoms with Gasteiger partial charge in [-0.3, -0.25) is 19.9 Å². The minimum atomic E-state index is -0.490. The summed E-state index contributed by atoms with van der Waals surface area (Å²) in [5.74, 6) is 2.04. The number of aromatic nitrogens is 1. The summed E-state index contributed by atoms with van der Waals surface area (Å²) in [6, 6.07) is 2.43. The number of hydrogen-bond donors (Lipinski definition) is 2. The van der Waals surface area contributed by atoms with Crippen molar-refractivity contribution in [3.63, 3.8) is 0 Å². The lowest BCUT2D eigenvalue weighted by molar-refractivity contribution is -0.0573. The summed E-state index contributed by atoms with van der Waals surface area (Å²) in [4.78, 5) is 21.3. The second-order valence-electron chi connectivity index (χ2n) is 8.11. The van der Waals surface area contributed by atoms with E-state index in [4.69, 9.17) is 5.21 Å². The number of carbonyl (C=O) groups is 1. The van der Waals surface area contributed by atoms with E-state index < -0.39 is 5.91 Å². The largest absolute Gasteiger partial charge is 0.306 e. The predicted molar refractivity (Wildman–Crippen MR) is 94.3 cm³/mol. The van der Waals surface area contributed by atoms with Crippen LogP contribution in [-0.2, 0) is 13.0 Å². The number of nitrogens with zero attached hydrogens (tertiary/aromatic N) is 3. The van der Waals surface area contributed by atoms with E-state index in [2.05, 4.69) is 28.8 Å². The summed E-state index contributed by atoms with van der Waals surface area (Å²) in [5, 5.41) is 8.85. The van der Waals surface area contributed by atoms with E-state index in [1.807, 2.05) is 6.07 Å². The van der Waals surface area contributed by atoms with Gasteiger partial charge in [0.05, 0.1) is 5.56 Å². The molecule has 1 aliphatic carbocycles. The maximum Gasteiger partial charge on any atom is 0.276 e. The Bertz CT molecular complexity index is 653. The lowest BCUT2D eigenvalue weighted by atomic mass is 9.61. The van der Waals surface area contributed by atoms with Crippen molar-refractivity contribution in [1.82, 2.24) is 20.3 Å². The van der Waals surface area contributed by atoms with Gasteiger partial charge in [0.1, 0.15) is 0 Å². The van der Waals surface area contributed by atoms with Crippen molar-refractivity contribution in [1.29, 1.82) is 0 Å². The first-order chi connectivity index (χ1) is 12.1. The molecule has 3 atom stereocenters. The highest BCUT2D eigenvalue weighted by molar-refractivity contribution is 5.93. The number of piperidine rings is 2. The highest BCUT2D eigenvalue weighted by atomic mass is 16.5. The molecule has 4 rings (SSSR count). The van der Waals surface area contributed by atoms with E-state index in [1.165, 1.54) is 19.5 Å². The normalized spacial score (nSPS) is 32.0. The Morgan fingerprint density at radius 3 is 2.84 bits per heavy atom. The van der Waals surface area contributed by atoms with Crippen LogP contribution in [0.4, 0.5) is 0 Å². The van der Waals surface area contributed by atoms with E-state index in [9.17, 15) is 4.79 Å². The molecule has 6 heteroatoms. The second-order valence-corrected chi connectivity index (χ2v) is 8.11. The molecule has 2 fully saturated rings. The fraction of sp³-hybridized carbons (Fsp3) is 0.684. The molecule has 1 saturated heterocycles. The monoisotopic (exact) mass is 344 g/mol. The Labute approximate surface area is 149 Å². The molecule has 1 amide bonds. The van der Waals surface area contributed by atoms with Gasteiger partial charge in [0.2, 0.25) is 0 Å². The fourth-order valence-electron chi connectivity index (χ4n) is 5.16. The number of likely N-dealkylation sites (tertiary alicyclic amines) is 1. The van der Waals surface area contributed by atoms with Crippen LogP contribution in [0.15, 0.2) is 12.3 Å². The Morgan fingerprint density at radius 1 is 1.40 bits per heavy atom. The molecule has 1 aromatic rings. The molecule has 6 nitrogen and oxygen atoms in total. The topological polar surface area (TPSA) is 68.7 Å². The number of pyridine rings is 1. The number of fused-ring (bicyclic) bond motifs is 3. The first-order valence-corrected chi connectivity index (χ1v) is 9.43. The van der Waals surface area contributed by atoms with Crippen molar-refractivity contribution in [2.75, 3.05) is 26.7 Å². The summed E-state index contributed by atoms with van der Waals surface area (Å²) in [6.07, 6.45) is 5.05. The summed E-state index contributed by atoms with van der Waals surface area (Å²) >= 11 is 0. The molecular weight excluding hydrogens is 316 g/mol. The molecule has 0 aromatic carbocycles. The van der Waals surface area contributed by atoms with Gasteiger partial charge in [0.25, 0.3) is 5.91 Å². The first-order valence-electron chi connectivity index (χ1n) is 9.43. The summed E-state index contributed by atoms with van der Waals surface area (Å²) in [5.41, 5.74) is 4.37. The smallest absolute Gasteiger partial charge is 0.276 e. The van der Waals surface area contributed by atoms with Gasteiger partial charge in [0, 0.05) is 50.5 Å². The lowest BCUT2D eigenvalue weighted by Crippen LogP contribution is -2.58. The van der Waals surface area contributed by atoms with Gasteiger partial charge < -0.3 is 4.90 Å². The Balaban J connectivity index is 1.50. The van der Waals surface area contributed by atoms with Crippen LogP contribution in [0.1, 0.15) is 41.4 Å². The van der Waals surface area contributed by atoms with Crippen LogP contribution in [0.2, 0.25) is 0 Å². The standard InChI is InChI=1S/C19H28N4O2/c1-3-16-6-18-15(4-12(7-20-18)19(24)21-25)10-23(16)11-17-13-5-14(17)9-22(2)8-13/h4,7,13-14,16-17,25H,3,5-6,8-11H2,1-2H3,(H,21,24)/t13?,14?,16-,17?/m1/s1. The third-order valence-corrected chi connectivity index (χ3v) is 6.57. The van der Waals surface area contributed by atoms with Gasteiger partial charge in [-0.25, -0.2) is 5.48 Å². The van der Waals surface area contributed by atoms with E-state index in [0.29, 0.717) is 11.6 Å². The van der Waals surface area contributed by atoms with Gasteiger partial charge in [0.15, 0.2) is 0 Å². The van der Waals surface area contributed by atoms with Crippen molar-refractivity contribution in [2.45, 2.75) is 38.8 Å². The number of amides is 1. The van der Waals surface area contributed by atoms with Crippen LogP contribution in [0.5, 0.6) is 0 Å². The zero-order valence-electron chi connectivity index (χ0n) is 15.1. The van der Waals surface area contributed by atoms with Crippen LogP contribution >= 0.6 is 0 Å². The number of rotatable bonds is 4. The Hall–Kier alpha value is -1.50. The molecular formula is C19H28N4O2. The molecule has 1 aromatic heterocycles. The van der Waals surface area contributed by atoms with Gasteiger partial charge in [-0.15, -0.1) is 0 Å². The molecule has 0 spiro atoms. The quantitative estimate of drug-likeness (QED) is 0.640. The van der Waals surface area contributed by atoms with E-state index in [1.54, 1.807) is 11.7 Å². The van der Waals surface area contributed by atoms with Crippen molar-refractivity contribution >= 4 is 5.91 Å². The van der Waals surface area contributed by atoms with E-state index in [0.717, 1.165) is 54.9 Å². The van der Waals surface area contributed by atoms with Crippen LogP contribution in [0.3, 0.4) is 0 Å². The van der Waals surface area contributed by atoms with Crippen LogP contribution < -0.4 is 5.48 Å². The summed E-state index contributed by atoms with van der Waals surface area (Å²) < 4.78 is 0. The fourth-order valence-corrected chi connectivity index (χ4v) is 5.16.